The van der Waals surface area contributed by atoms with Crippen molar-refractivity contribution in [3.05, 3.63) is 45.9 Å². The van der Waals surface area contributed by atoms with Crippen LogP contribution in [0.4, 0.5) is 0 Å². The Bertz CT molecular complexity index is 595. The van der Waals surface area contributed by atoms with Gasteiger partial charge < -0.3 is 4.74 Å². The molecule has 2 aromatic rings. The third kappa shape index (κ3) is 4.03. The van der Waals surface area contributed by atoms with E-state index >= 15 is 0 Å². The van der Waals surface area contributed by atoms with Crippen LogP contribution in [0.3, 0.4) is 0 Å². The molecule has 0 aliphatic heterocycles. The third-order valence-electron chi connectivity index (χ3n) is 3.33. The SMILES string of the molecule is CCC(C)c1ccc(OCc2csc(C(=O)NN)n2)cc1. The van der Waals surface area contributed by atoms with Crippen molar-refractivity contribution in [1.82, 2.24) is 10.4 Å². The number of nitrogens with one attached hydrogen (secondary N) is 1. The van der Waals surface area contributed by atoms with Crippen LogP contribution in [0.25, 0.3) is 0 Å². The van der Waals surface area contributed by atoms with Crippen molar-refractivity contribution in [3.63, 3.8) is 0 Å². The highest BCUT2D eigenvalue weighted by Gasteiger charge is 2.10. The molecule has 0 saturated heterocycles. The van der Waals surface area contributed by atoms with Crippen LogP contribution in [0.2, 0.25) is 0 Å². The molecule has 0 aliphatic carbocycles. The van der Waals surface area contributed by atoms with Crippen LogP contribution in [-0.4, -0.2) is 10.9 Å². The molecule has 112 valence electrons. The van der Waals surface area contributed by atoms with Gasteiger partial charge in [0, 0.05) is 5.38 Å². The lowest BCUT2D eigenvalue weighted by Crippen LogP contribution is -2.29. The number of hydrogen-bond acceptors (Lipinski definition) is 5. The van der Waals surface area contributed by atoms with Gasteiger partial charge in [0.05, 0.1) is 5.69 Å². The van der Waals surface area contributed by atoms with Crippen molar-refractivity contribution in [3.8, 4) is 5.75 Å². The predicted octanol–water partition coefficient (Wildman–Crippen LogP) is 2.84. The lowest BCUT2D eigenvalue weighted by molar-refractivity contribution is 0.0953. The molecule has 1 aromatic carbocycles. The van der Waals surface area contributed by atoms with E-state index < -0.39 is 0 Å². The van der Waals surface area contributed by atoms with Gasteiger partial charge in [-0.1, -0.05) is 26.0 Å². The van der Waals surface area contributed by atoms with E-state index in [0.717, 1.165) is 12.2 Å². The second-order valence-electron chi connectivity index (χ2n) is 4.78. The molecule has 0 aliphatic rings. The summed E-state index contributed by atoms with van der Waals surface area (Å²) in [6, 6.07) is 8.08. The van der Waals surface area contributed by atoms with Crippen LogP contribution >= 0.6 is 11.3 Å². The zero-order valence-corrected chi connectivity index (χ0v) is 12.9. The predicted molar refractivity (Wildman–Crippen MR) is 83.2 cm³/mol. The minimum Gasteiger partial charge on any atom is -0.487 e. The van der Waals surface area contributed by atoms with Crippen LogP contribution in [0.15, 0.2) is 29.6 Å². The Kier molecular flexibility index (Phi) is 5.30. The number of aromatic nitrogens is 1. The summed E-state index contributed by atoms with van der Waals surface area (Å²) in [5, 5.41) is 2.13. The van der Waals surface area contributed by atoms with E-state index in [0.29, 0.717) is 23.2 Å². The minimum absolute atomic E-state index is 0.330. The highest BCUT2D eigenvalue weighted by atomic mass is 32.1. The van der Waals surface area contributed by atoms with Gasteiger partial charge in [0.1, 0.15) is 12.4 Å². The number of carbonyl (C=O) groups excluding carboxylic acids is 1. The van der Waals surface area contributed by atoms with Crippen molar-refractivity contribution in [2.75, 3.05) is 0 Å². The monoisotopic (exact) mass is 305 g/mol. The molecule has 0 bridgehead atoms. The van der Waals surface area contributed by atoms with Gasteiger partial charge >= 0.3 is 0 Å². The number of amides is 1. The molecule has 5 nitrogen and oxygen atoms in total. The zero-order valence-electron chi connectivity index (χ0n) is 12.1. The fourth-order valence-electron chi connectivity index (χ4n) is 1.82. The van der Waals surface area contributed by atoms with Crippen molar-refractivity contribution in [2.45, 2.75) is 32.8 Å². The molecule has 2 rings (SSSR count). The van der Waals surface area contributed by atoms with Crippen molar-refractivity contribution in [1.29, 1.82) is 0 Å². The number of thiazole rings is 1. The normalized spacial score (nSPS) is 12.0. The fourth-order valence-corrected chi connectivity index (χ4v) is 2.53. The molecule has 21 heavy (non-hydrogen) atoms. The molecule has 6 heteroatoms. The molecule has 1 unspecified atom stereocenters. The van der Waals surface area contributed by atoms with E-state index in [1.165, 1.54) is 16.9 Å². The second kappa shape index (κ2) is 7.19. The average Bonchev–Trinajstić information content (AvgIpc) is 3.01. The number of hydrazine groups is 1. The van der Waals surface area contributed by atoms with E-state index in [4.69, 9.17) is 10.6 Å². The molecule has 0 saturated carbocycles. The Morgan fingerprint density at radius 2 is 2.14 bits per heavy atom. The molecule has 1 amide bonds. The first-order valence-electron chi connectivity index (χ1n) is 6.82. The summed E-state index contributed by atoms with van der Waals surface area (Å²) in [6.45, 7) is 4.71. The molecule has 1 aromatic heterocycles. The first-order valence-corrected chi connectivity index (χ1v) is 7.70. The maximum Gasteiger partial charge on any atom is 0.294 e. The fraction of sp³-hybridized carbons (Fsp3) is 0.333. The van der Waals surface area contributed by atoms with Gasteiger partial charge in [0.25, 0.3) is 5.91 Å². The van der Waals surface area contributed by atoms with Gasteiger partial charge in [0.15, 0.2) is 5.01 Å². The van der Waals surface area contributed by atoms with Gasteiger partial charge in [0.2, 0.25) is 0 Å². The lowest BCUT2D eigenvalue weighted by atomic mass is 9.99. The lowest BCUT2D eigenvalue weighted by Gasteiger charge is -2.10. The number of ether oxygens (including phenoxy) is 1. The molecular weight excluding hydrogens is 286 g/mol. The molecule has 3 N–H and O–H groups in total. The number of carbonyl (C=O) groups is 1. The van der Waals surface area contributed by atoms with Crippen LogP contribution in [0.5, 0.6) is 5.75 Å². The molecular formula is C15H19N3O2S. The number of rotatable bonds is 6. The smallest absolute Gasteiger partial charge is 0.294 e. The molecule has 1 atom stereocenters. The summed E-state index contributed by atoms with van der Waals surface area (Å²) in [7, 11) is 0. The highest BCUT2D eigenvalue weighted by molar-refractivity contribution is 7.11. The van der Waals surface area contributed by atoms with Gasteiger partial charge in [-0.2, -0.15) is 0 Å². The number of benzene rings is 1. The summed E-state index contributed by atoms with van der Waals surface area (Å²) < 4.78 is 5.67. The van der Waals surface area contributed by atoms with Gasteiger partial charge in [-0.05, 0) is 30.0 Å². The quantitative estimate of drug-likeness (QED) is 0.489. The molecule has 0 fully saturated rings. The summed E-state index contributed by atoms with van der Waals surface area (Å²) in [5.74, 6) is 6.02. The minimum atomic E-state index is -0.385. The number of nitrogens with two attached hydrogens (primary N) is 1. The van der Waals surface area contributed by atoms with Gasteiger partial charge in [-0.3, -0.25) is 10.2 Å². The summed E-state index contributed by atoms with van der Waals surface area (Å²) in [5.41, 5.74) is 4.08. The van der Waals surface area contributed by atoms with Crippen LogP contribution in [0.1, 0.15) is 47.2 Å². The third-order valence-corrected chi connectivity index (χ3v) is 4.22. The van der Waals surface area contributed by atoms with Crippen LogP contribution in [0, 0.1) is 0 Å². The highest BCUT2D eigenvalue weighted by Crippen LogP contribution is 2.22. The summed E-state index contributed by atoms with van der Waals surface area (Å²) >= 11 is 1.24. The molecule has 0 radical (unpaired) electrons. The van der Waals surface area contributed by atoms with Crippen LogP contribution < -0.4 is 16.0 Å². The number of nitrogen functional groups attached to an aromatic ring is 1. The van der Waals surface area contributed by atoms with E-state index in [-0.39, 0.29) is 5.91 Å². The largest absolute Gasteiger partial charge is 0.487 e. The van der Waals surface area contributed by atoms with E-state index in [1.54, 1.807) is 5.38 Å². The van der Waals surface area contributed by atoms with Crippen LogP contribution in [-0.2, 0) is 6.61 Å². The Morgan fingerprint density at radius 3 is 2.76 bits per heavy atom. The van der Waals surface area contributed by atoms with Crippen molar-refractivity contribution >= 4 is 17.2 Å². The van der Waals surface area contributed by atoms with Gasteiger partial charge in [-0.15, -0.1) is 11.3 Å². The topological polar surface area (TPSA) is 77.2 Å². The van der Waals surface area contributed by atoms with E-state index in [9.17, 15) is 4.79 Å². The first-order chi connectivity index (χ1) is 10.1. The average molecular weight is 305 g/mol. The standard InChI is InChI=1S/C15H19N3O2S/c1-3-10(2)11-4-6-13(7-5-11)20-8-12-9-21-15(17-12)14(19)18-16/h4-7,9-10H,3,8,16H2,1-2H3,(H,18,19). The molecule has 1 heterocycles. The Balaban J connectivity index is 1.93. The second-order valence-corrected chi connectivity index (χ2v) is 5.64. The Hall–Kier alpha value is -1.92. The van der Waals surface area contributed by atoms with E-state index in [1.807, 2.05) is 12.1 Å². The Morgan fingerprint density at radius 1 is 1.43 bits per heavy atom. The number of nitrogens with zero attached hydrogens (tertiary/aromatic N) is 1. The zero-order chi connectivity index (χ0) is 15.2. The van der Waals surface area contributed by atoms with Gasteiger partial charge in [-0.25, -0.2) is 10.8 Å². The van der Waals surface area contributed by atoms with E-state index in [2.05, 4.69) is 36.4 Å². The van der Waals surface area contributed by atoms with Crippen molar-refractivity contribution in [2.24, 2.45) is 5.84 Å². The number of hydrogen-bond donors (Lipinski definition) is 2. The van der Waals surface area contributed by atoms with Crippen molar-refractivity contribution < 1.29 is 9.53 Å². The Labute approximate surface area is 128 Å². The maximum atomic E-state index is 11.3. The molecule has 0 spiro atoms. The summed E-state index contributed by atoms with van der Waals surface area (Å²) in [4.78, 5) is 15.5. The summed E-state index contributed by atoms with van der Waals surface area (Å²) in [6.07, 6.45) is 1.12. The maximum absolute atomic E-state index is 11.3. The first kappa shape index (κ1) is 15.5.